The molecule has 0 saturated carbocycles. The molecule has 2 aromatic carbocycles. The standard InChI is InChI=1S/C17H15Cl2NO/c18-15-8-9-17(16(19)12-15)21-11-5-4-10-20-13-14-6-2-1-3-7-14/h1-3,6-9,12,20H,10-11,13H2. The smallest absolute Gasteiger partial charge is 0.149 e. The van der Waals surface area contributed by atoms with Crippen molar-refractivity contribution in [3.05, 3.63) is 64.1 Å². The molecule has 0 aliphatic heterocycles. The molecular weight excluding hydrogens is 305 g/mol. The van der Waals surface area contributed by atoms with Gasteiger partial charge in [0.1, 0.15) is 12.4 Å². The van der Waals surface area contributed by atoms with Gasteiger partial charge in [0.2, 0.25) is 0 Å². The first kappa shape index (κ1) is 15.7. The minimum atomic E-state index is 0.300. The molecule has 0 aromatic heterocycles. The van der Waals surface area contributed by atoms with Crippen molar-refractivity contribution in [3.63, 3.8) is 0 Å². The second-order valence-corrected chi connectivity index (χ2v) is 5.15. The molecule has 0 unspecified atom stereocenters. The molecule has 2 aromatic rings. The van der Waals surface area contributed by atoms with Crippen LogP contribution in [0.15, 0.2) is 48.5 Å². The first-order valence-corrected chi connectivity index (χ1v) is 7.29. The lowest BCUT2D eigenvalue weighted by atomic mass is 10.2. The van der Waals surface area contributed by atoms with E-state index in [4.69, 9.17) is 27.9 Å². The largest absolute Gasteiger partial charge is 0.479 e. The molecule has 2 rings (SSSR count). The molecule has 0 saturated heterocycles. The second kappa shape index (κ2) is 8.59. The van der Waals surface area contributed by atoms with Crippen LogP contribution in [0.3, 0.4) is 0 Å². The first-order valence-electron chi connectivity index (χ1n) is 6.54. The van der Waals surface area contributed by atoms with E-state index in [0.29, 0.717) is 28.9 Å². The summed E-state index contributed by atoms with van der Waals surface area (Å²) < 4.78 is 5.46. The fraction of sp³-hybridized carbons (Fsp3) is 0.176. The molecule has 0 radical (unpaired) electrons. The van der Waals surface area contributed by atoms with Crippen LogP contribution in [-0.4, -0.2) is 13.2 Å². The Morgan fingerprint density at radius 2 is 1.81 bits per heavy atom. The molecule has 0 spiro atoms. The number of ether oxygens (including phenoxy) is 1. The average molecular weight is 320 g/mol. The normalized spacial score (nSPS) is 9.81. The van der Waals surface area contributed by atoms with Crippen molar-refractivity contribution in [1.82, 2.24) is 5.32 Å². The predicted molar refractivity (Wildman–Crippen MR) is 87.9 cm³/mol. The molecule has 0 fully saturated rings. The summed E-state index contributed by atoms with van der Waals surface area (Å²) in [5.74, 6) is 6.53. The van der Waals surface area contributed by atoms with Gasteiger partial charge in [-0.05, 0) is 23.8 Å². The van der Waals surface area contributed by atoms with Gasteiger partial charge in [-0.2, -0.15) is 0 Å². The van der Waals surface area contributed by atoms with Gasteiger partial charge >= 0.3 is 0 Å². The summed E-state index contributed by atoms with van der Waals surface area (Å²) in [6.07, 6.45) is 0. The molecule has 4 heteroatoms. The van der Waals surface area contributed by atoms with Crippen molar-refractivity contribution >= 4 is 23.2 Å². The highest BCUT2D eigenvalue weighted by atomic mass is 35.5. The quantitative estimate of drug-likeness (QED) is 0.660. The van der Waals surface area contributed by atoms with Gasteiger partial charge in [0, 0.05) is 11.6 Å². The number of halogens is 2. The molecule has 0 aliphatic rings. The Kier molecular flexibility index (Phi) is 6.43. The van der Waals surface area contributed by atoms with E-state index in [1.54, 1.807) is 18.2 Å². The third-order valence-corrected chi connectivity index (χ3v) is 3.23. The van der Waals surface area contributed by atoms with E-state index in [1.807, 2.05) is 18.2 Å². The van der Waals surface area contributed by atoms with Crippen LogP contribution in [0.2, 0.25) is 10.0 Å². The van der Waals surface area contributed by atoms with E-state index in [2.05, 4.69) is 29.3 Å². The third-order valence-electron chi connectivity index (χ3n) is 2.70. The summed E-state index contributed by atoms with van der Waals surface area (Å²) in [6, 6.07) is 15.3. The highest BCUT2D eigenvalue weighted by molar-refractivity contribution is 6.35. The van der Waals surface area contributed by atoms with Gasteiger partial charge in [0.25, 0.3) is 0 Å². The molecule has 2 nitrogen and oxygen atoms in total. The SMILES string of the molecule is Clc1ccc(OCC#CCNCc2ccccc2)c(Cl)c1. The van der Waals surface area contributed by atoms with Crippen LogP contribution >= 0.6 is 23.2 Å². The molecule has 0 heterocycles. The number of nitrogens with one attached hydrogen (secondary N) is 1. The topological polar surface area (TPSA) is 21.3 Å². The van der Waals surface area contributed by atoms with E-state index >= 15 is 0 Å². The van der Waals surface area contributed by atoms with Crippen LogP contribution in [-0.2, 0) is 6.54 Å². The summed E-state index contributed by atoms with van der Waals surface area (Å²) in [5.41, 5.74) is 1.24. The van der Waals surface area contributed by atoms with E-state index in [1.165, 1.54) is 5.56 Å². The lowest BCUT2D eigenvalue weighted by molar-refractivity contribution is 0.370. The van der Waals surface area contributed by atoms with Crippen LogP contribution in [0.4, 0.5) is 0 Å². The third kappa shape index (κ3) is 5.69. The molecular formula is C17H15Cl2NO. The highest BCUT2D eigenvalue weighted by Crippen LogP contribution is 2.27. The Hall–Kier alpha value is -1.66. The Morgan fingerprint density at radius 3 is 2.57 bits per heavy atom. The lowest BCUT2D eigenvalue weighted by Gasteiger charge is -2.04. The summed E-state index contributed by atoms with van der Waals surface area (Å²) >= 11 is 11.8. The molecule has 0 amide bonds. The molecule has 0 atom stereocenters. The van der Waals surface area contributed by atoms with Gasteiger partial charge in [-0.15, -0.1) is 0 Å². The number of rotatable bonds is 5. The zero-order chi connectivity index (χ0) is 14.9. The van der Waals surface area contributed by atoms with Crippen molar-refractivity contribution in [2.75, 3.05) is 13.2 Å². The van der Waals surface area contributed by atoms with E-state index in [0.717, 1.165) is 6.54 Å². The maximum Gasteiger partial charge on any atom is 0.149 e. The Morgan fingerprint density at radius 1 is 1.00 bits per heavy atom. The molecule has 1 N–H and O–H groups in total. The maximum atomic E-state index is 5.99. The molecule has 0 aliphatic carbocycles. The van der Waals surface area contributed by atoms with Crippen molar-refractivity contribution in [2.45, 2.75) is 6.54 Å². The van der Waals surface area contributed by atoms with Crippen LogP contribution < -0.4 is 10.1 Å². The van der Waals surface area contributed by atoms with E-state index in [-0.39, 0.29) is 0 Å². The molecule has 0 bridgehead atoms. The maximum absolute atomic E-state index is 5.99. The zero-order valence-electron chi connectivity index (χ0n) is 11.4. The monoisotopic (exact) mass is 319 g/mol. The van der Waals surface area contributed by atoms with E-state index < -0.39 is 0 Å². The zero-order valence-corrected chi connectivity index (χ0v) is 12.9. The average Bonchev–Trinajstić information content (AvgIpc) is 2.49. The summed E-state index contributed by atoms with van der Waals surface area (Å²) in [5, 5.41) is 4.33. The highest BCUT2D eigenvalue weighted by Gasteiger charge is 2.00. The first-order chi connectivity index (χ1) is 10.3. The van der Waals surface area contributed by atoms with Crippen molar-refractivity contribution in [1.29, 1.82) is 0 Å². The van der Waals surface area contributed by atoms with Gasteiger partial charge < -0.3 is 10.1 Å². The van der Waals surface area contributed by atoms with Gasteiger partial charge in [-0.3, -0.25) is 0 Å². The van der Waals surface area contributed by atoms with Gasteiger partial charge in [-0.25, -0.2) is 0 Å². The van der Waals surface area contributed by atoms with Crippen LogP contribution in [0.1, 0.15) is 5.56 Å². The summed E-state index contributed by atoms with van der Waals surface area (Å²) in [4.78, 5) is 0. The van der Waals surface area contributed by atoms with Crippen molar-refractivity contribution < 1.29 is 4.74 Å². The van der Waals surface area contributed by atoms with Crippen LogP contribution in [0.25, 0.3) is 0 Å². The molecule has 21 heavy (non-hydrogen) atoms. The van der Waals surface area contributed by atoms with E-state index in [9.17, 15) is 0 Å². The van der Waals surface area contributed by atoms with Crippen LogP contribution in [0, 0.1) is 11.8 Å². The fourth-order valence-electron chi connectivity index (χ4n) is 1.68. The predicted octanol–water partition coefficient (Wildman–Crippen LogP) is 4.17. The summed E-state index contributed by atoms with van der Waals surface area (Å²) in [6.45, 7) is 1.72. The van der Waals surface area contributed by atoms with Gasteiger partial charge in [0.15, 0.2) is 0 Å². The van der Waals surface area contributed by atoms with Crippen molar-refractivity contribution in [2.24, 2.45) is 0 Å². The fourth-order valence-corrected chi connectivity index (χ4v) is 2.15. The second-order valence-electron chi connectivity index (χ2n) is 4.31. The lowest BCUT2D eigenvalue weighted by Crippen LogP contribution is -2.13. The van der Waals surface area contributed by atoms with Crippen LogP contribution in [0.5, 0.6) is 5.75 Å². The molecule has 108 valence electrons. The Labute approximate surface area is 135 Å². The van der Waals surface area contributed by atoms with Gasteiger partial charge in [0.05, 0.1) is 11.6 Å². The number of benzene rings is 2. The minimum Gasteiger partial charge on any atom is -0.479 e. The number of hydrogen-bond acceptors (Lipinski definition) is 2. The Balaban J connectivity index is 1.67. The number of hydrogen-bond donors (Lipinski definition) is 1. The minimum absolute atomic E-state index is 0.300. The Bertz CT molecular complexity index is 632. The van der Waals surface area contributed by atoms with Gasteiger partial charge in [-0.1, -0.05) is 65.4 Å². The van der Waals surface area contributed by atoms with Crippen molar-refractivity contribution in [3.8, 4) is 17.6 Å². The summed E-state index contributed by atoms with van der Waals surface area (Å²) in [7, 11) is 0.